The molecule has 1 fully saturated rings. The monoisotopic (exact) mass is 267 g/mol. The highest BCUT2D eigenvalue weighted by Gasteiger charge is 2.17. The molecule has 1 aliphatic rings. The lowest BCUT2D eigenvalue weighted by atomic mass is 10.1. The van der Waals surface area contributed by atoms with Crippen molar-refractivity contribution >= 4 is 0 Å². The van der Waals surface area contributed by atoms with Gasteiger partial charge in [-0.15, -0.1) is 0 Å². The summed E-state index contributed by atoms with van der Waals surface area (Å²) in [5, 5.41) is 13.3. The third-order valence-electron chi connectivity index (χ3n) is 3.24. The number of ether oxygens (including phenoxy) is 3. The van der Waals surface area contributed by atoms with Crippen molar-refractivity contribution in [2.75, 3.05) is 33.5 Å². The second-order valence-electron chi connectivity index (χ2n) is 4.62. The third kappa shape index (κ3) is 3.83. The highest BCUT2D eigenvalue weighted by atomic mass is 16.6. The summed E-state index contributed by atoms with van der Waals surface area (Å²) in [6.07, 6.45) is 0.0802. The first kappa shape index (κ1) is 14.1. The quantitative estimate of drug-likeness (QED) is 0.846. The number of methoxy groups -OCH3 is 1. The van der Waals surface area contributed by atoms with Gasteiger partial charge in [0.1, 0.15) is 11.5 Å². The number of benzene rings is 1. The van der Waals surface area contributed by atoms with Crippen LogP contribution in [0.15, 0.2) is 18.2 Å². The molecule has 1 aromatic rings. The van der Waals surface area contributed by atoms with Crippen molar-refractivity contribution in [2.24, 2.45) is 0 Å². The molecule has 0 aliphatic carbocycles. The van der Waals surface area contributed by atoms with E-state index in [1.807, 2.05) is 19.1 Å². The second-order valence-corrected chi connectivity index (χ2v) is 4.62. The second kappa shape index (κ2) is 6.75. The molecule has 1 aliphatic heterocycles. The molecule has 2 unspecified atom stereocenters. The van der Waals surface area contributed by atoms with Crippen LogP contribution in [0.2, 0.25) is 0 Å². The van der Waals surface area contributed by atoms with Crippen LogP contribution in [-0.4, -0.2) is 44.7 Å². The van der Waals surface area contributed by atoms with E-state index in [0.717, 1.165) is 5.56 Å². The molecule has 1 aromatic carbocycles. The molecule has 0 spiro atoms. The van der Waals surface area contributed by atoms with Gasteiger partial charge in [0, 0.05) is 24.2 Å². The van der Waals surface area contributed by atoms with Crippen LogP contribution in [0, 0.1) is 0 Å². The van der Waals surface area contributed by atoms with Crippen LogP contribution < -0.4 is 10.1 Å². The fraction of sp³-hybridized carbons (Fsp3) is 0.571. The summed E-state index contributed by atoms with van der Waals surface area (Å²) in [5.74, 6) is 0.887. The van der Waals surface area contributed by atoms with Crippen molar-refractivity contribution in [2.45, 2.75) is 19.1 Å². The molecule has 2 rings (SSSR count). The molecule has 106 valence electrons. The van der Waals surface area contributed by atoms with E-state index in [-0.39, 0.29) is 17.9 Å². The standard InChI is InChI=1S/C14H21NO4/c1-10(15-8-12-9-18-5-6-19-12)13-4-3-11(17-2)7-14(13)16/h3-4,7,10,12,15-16H,5-6,8-9H2,1-2H3. The van der Waals surface area contributed by atoms with Gasteiger partial charge in [0.15, 0.2) is 0 Å². The Kier molecular flexibility index (Phi) is 5.01. The van der Waals surface area contributed by atoms with Crippen LogP contribution in [0.1, 0.15) is 18.5 Å². The van der Waals surface area contributed by atoms with E-state index in [1.165, 1.54) is 0 Å². The van der Waals surface area contributed by atoms with Gasteiger partial charge in [-0.25, -0.2) is 0 Å². The van der Waals surface area contributed by atoms with Crippen LogP contribution in [0.4, 0.5) is 0 Å². The molecule has 1 heterocycles. The molecule has 19 heavy (non-hydrogen) atoms. The maximum absolute atomic E-state index is 9.95. The Bertz CT molecular complexity index is 404. The summed E-state index contributed by atoms with van der Waals surface area (Å²) < 4.78 is 16.0. The van der Waals surface area contributed by atoms with Gasteiger partial charge in [-0.1, -0.05) is 6.07 Å². The first-order valence-corrected chi connectivity index (χ1v) is 6.50. The Hall–Kier alpha value is -1.30. The van der Waals surface area contributed by atoms with Crippen LogP contribution >= 0.6 is 0 Å². The first-order chi connectivity index (χ1) is 9.20. The molecular formula is C14H21NO4. The summed E-state index contributed by atoms with van der Waals surface area (Å²) in [4.78, 5) is 0. The largest absolute Gasteiger partial charge is 0.507 e. The Morgan fingerprint density at radius 2 is 2.32 bits per heavy atom. The number of aromatic hydroxyl groups is 1. The predicted octanol–water partition coefficient (Wildman–Crippen LogP) is 1.47. The molecule has 0 radical (unpaired) electrons. The Balaban J connectivity index is 1.89. The van der Waals surface area contributed by atoms with Crippen molar-refractivity contribution in [1.82, 2.24) is 5.32 Å². The Morgan fingerprint density at radius 1 is 1.47 bits per heavy atom. The average molecular weight is 267 g/mol. The molecule has 0 bridgehead atoms. The zero-order chi connectivity index (χ0) is 13.7. The van der Waals surface area contributed by atoms with E-state index < -0.39 is 0 Å². The molecule has 2 N–H and O–H groups in total. The molecule has 5 heteroatoms. The molecule has 0 saturated carbocycles. The SMILES string of the molecule is COc1ccc(C(C)NCC2COCCO2)c(O)c1. The van der Waals surface area contributed by atoms with E-state index in [2.05, 4.69) is 5.32 Å². The highest BCUT2D eigenvalue weighted by Crippen LogP contribution is 2.28. The predicted molar refractivity (Wildman–Crippen MR) is 71.6 cm³/mol. The lowest BCUT2D eigenvalue weighted by Crippen LogP contribution is -2.38. The zero-order valence-corrected chi connectivity index (χ0v) is 11.4. The number of nitrogens with one attached hydrogen (secondary N) is 1. The van der Waals surface area contributed by atoms with Gasteiger partial charge in [-0.3, -0.25) is 0 Å². The highest BCUT2D eigenvalue weighted by molar-refractivity contribution is 5.41. The van der Waals surface area contributed by atoms with Gasteiger partial charge in [-0.2, -0.15) is 0 Å². The number of phenols is 1. The van der Waals surface area contributed by atoms with Crippen molar-refractivity contribution in [3.05, 3.63) is 23.8 Å². The molecule has 0 amide bonds. The van der Waals surface area contributed by atoms with Crippen molar-refractivity contribution in [1.29, 1.82) is 0 Å². The number of hydrogen-bond acceptors (Lipinski definition) is 5. The minimum absolute atomic E-state index is 0.0384. The molecule has 2 atom stereocenters. The number of phenolic OH excluding ortho intramolecular Hbond substituents is 1. The van der Waals surface area contributed by atoms with Crippen molar-refractivity contribution in [3.8, 4) is 11.5 Å². The van der Waals surface area contributed by atoms with Crippen LogP contribution in [0.3, 0.4) is 0 Å². The van der Waals surface area contributed by atoms with Gasteiger partial charge in [-0.05, 0) is 13.0 Å². The van der Waals surface area contributed by atoms with Gasteiger partial charge in [0.05, 0.1) is 33.0 Å². The fourth-order valence-corrected chi connectivity index (χ4v) is 2.09. The summed E-state index contributed by atoms with van der Waals surface area (Å²) in [7, 11) is 1.58. The first-order valence-electron chi connectivity index (χ1n) is 6.50. The van der Waals surface area contributed by atoms with Gasteiger partial charge < -0.3 is 24.6 Å². The Labute approximate surface area is 113 Å². The van der Waals surface area contributed by atoms with Crippen molar-refractivity contribution in [3.63, 3.8) is 0 Å². The zero-order valence-electron chi connectivity index (χ0n) is 11.4. The van der Waals surface area contributed by atoms with Crippen LogP contribution in [0.25, 0.3) is 0 Å². The summed E-state index contributed by atoms with van der Waals surface area (Å²) >= 11 is 0. The number of hydrogen-bond donors (Lipinski definition) is 2. The fourth-order valence-electron chi connectivity index (χ4n) is 2.09. The normalized spacial score (nSPS) is 21.1. The maximum atomic E-state index is 9.95. The summed E-state index contributed by atoms with van der Waals surface area (Å²) in [6, 6.07) is 5.36. The van der Waals surface area contributed by atoms with Gasteiger partial charge in [0.25, 0.3) is 0 Å². The molecular weight excluding hydrogens is 246 g/mol. The summed E-state index contributed by atoms with van der Waals surface area (Å²) in [6.45, 7) is 4.64. The molecule has 0 aromatic heterocycles. The number of rotatable bonds is 5. The lowest BCUT2D eigenvalue weighted by molar-refractivity contribution is -0.0869. The average Bonchev–Trinajstić information content (AvgIpc) is 2.45. The van der Waals surface area contributed by atoms with E-state index >= 15 is 0 Å². The summed E-state index contributed by atoms with van der Waals surface area (Å²) in [5.41, 5.74) is 0.845. The lowest BCUT2D eigenvalue weighted by Gasteiger charge is -2.25. The third-order valence-corrected chi connectivity index (χ3v) is 3.24. The minimum Gasteiger partial charge on any atom is -0.507 e. The Morgan fingerprint density at radius 3 is 2.95 bits per heavy atom. The topological polar surface area (TPSA) is 60.0 Å². The van der Waals surface area contributed by atoms with Crippen LogP contribution in [0.5, 0.6) is 11.5 Å². The van der Waals surface area contributed by atoms with E-state index in [4.69, 9.17) is 14.2 Å². The van der Waals surface area contributed by atoms with E-state index in [9.17, 15) is 5.11 Å². The molecule has 1 saturated heterocycles. The minimum atomic E-state index is 0.0384. The maximum Gasteiger partial charge on any atom is 0.124 e. The molecule has 5 nitrogen and oxygen atoms in total. The van der Waals surface area contributed by atoms with Gasteiger partial charge in [0.2, 0.25) is 0 Å². The smallest absolute Gasteiger partial charge is 0.124 e. The van der Waals surface area contributed by atoms with E-state index in [1.54, 1.807) is 13.2 Å². The van der Waals surface area contributed by atoms with Gasteiger partial charge >= 0.3 is 0 Å². The van der Waals surface area contributed by atoms with E-state index in [0.29, 0.717) is 32.1 Å². The van der Waals surface area contributed by atoms with Crippen molar-refractivity contribution < 1.29 is 19.3 Å². The van der Waals surface area contributed by atoms with Crippen LogP contribution in [-0.2, 0) is 9.47 Å².